The molecule has 0 fully saturated rings. The second-order valence-corrected chi connectivity index (χ2v) is 8.61. The number of rotatable bonds is 5. The van der Waals surface area contributed by atoms with Gasteiger partial charge in [-0.25, -0.2) is 4.39 Å². The largest absolute Gasteiger partial charge is 0.380 e. The van der Waals surface area contributed by atoms with Crippen LogP contribution in [-0.2, 0) is 16.8 Å². The molecular formula is C23H32FNO. The minimum Gasteiger partial charge on any atom is -0.380 e. The van der Waals surface area contributed by atoms with E-state index in [1.165, 1.54) is 17.7 Å². The van der Waals surface area contributed by atoms with Crippen LogP contribution in [0.15, 0.2) is 24.3 Å². The summed E-state index contributed by atoms with van der Waals surface area (Å²) in [5.41, 5.74) is 6.63. The molecular weight excluding hydrogens is 325 g/mol. The van der Waals surface area contributed by atoms with Crippen LogP contribution < -0.4 is 0 Å². The van der Waals surface area contributed by atoms with E-state index in [0.29, 0.717) is 12.5 Å². The zero-order valence-electron chi connectivity index (χ0n) is 17.4. The average molecular weight is 358 g/mol. The summed E-state index contributed by atoms with van der Waals surface area (Å²) in [6.45, 7) is 15.8. The maximum atomic E-state index is 13.6. The van der Waals surface area contributed by atoms with Crippen LogP contribution in [0.25, 0.3) is 11.1 Å². The minimum absolute atomic E-state index is 0.0890. The molecule has 1 aromatic heterocycles. The van der Waals surface area contributed by atoms with E-state index in [2.05, 4.69) is 48.5 Å². The predicted octanol–water partition coefficient (Wildman–Crippen LogP) is 6.58. The summed E-state index contributed by atoms with van der Waals surface area (Å²) in [7, 11) is 1.71. The molecule has 26 heavy (non-hydrogen) atoms. The topological polar surface area (TPSA) is 22.1 Å². The molecule has 0 aliphatic rings. The lowest BCUT2D eigenvalue weighted by Crippen LogP contribution is -2.21. The van der Waals surface area contributed by atoms with Gasteiger partial charge in [0.2, 0.25) is 0 Å². The SMILES string of the molecule is COCc1c(C(C)C)nc(C(C)C)c(C(C)(C)C)c1-c1ccc(F)cc1. The lowest BCUT2D eigenvalue weighted by atomic mass is 9.76. The summed E-state index contributed by atoms with van der Waals surface area (Å²) in [6, 6.07) is 6.80. The number of methoxy groups -OCH3 is 1. The van der Waals surface area contributed by atoms with E-state index in [1.54, 1.807) is 7.11 Å². The van der Waals surface area contributed by atoms with E-state index >= 15 is 0 Å². The average Bonchev–Trinajstić information content (AvgIpc) is 2.54. The molecule has 0 saturated carbocycles. The molecule has 2 aromatic rings. The van der Waals surface area contributed by atoms with E-state index in [-0.39, 0.29) is 17.2 Å². The van der Waals surface area contributed by atoms with Crippen LogP contribution in [0, 0.1) is 5.82 Å². The molecule has 0 saturated heterocycles. The highest BCUT2D eigenvalue weighted by Crippen LogP contribution is 2.42. The molecule has 0 unspecified atom stereocenters. The number of benzene rings is 1. The van der Waals surface area contributed by atoms with Crippen molar-refractivity contribution in [3.63, 3.8) is 0 Å². The minimum atomic E-state index is -0.221. The monoisotopic (exact) mass is 357 g/mol. The third kappa shape index (κ3) is 4.15. The second kappa shape index (κ2) is 7.87. The molecule has 0 spiro atoms. The summed E-state index contributed by atoms with van der Waals surface area (Å²) in [4.78, 5) is 5.11. The van der Waals surface area contributed by atoms with Gasteiger partial charge in [0.05, 0.1) is 6.61 Å². The Labute approximate surface area is 157 Å². The van der Waals surface area contributed by atoms with Crippen molar-refractivity contribution < 1.29 is 9.13 Å². The van der Waals surface area contributed by atoms with Gasteiger partial charge in [0, 0.05) is 24.1 Å². The maximum Gasteiger partial charge on any atom is 0.123 e. The molecule has 0 amide bonds. The number of hydrogen-bond acceptors (Lipinski definition) is 2. The van der Waals surface area contributed by atoms with Gasteiger partial charge in [-0.2, -0.15) is 0 Å². The van der Waals surface area contributed by atoms with Crippen molar-refractivity contribution in [3.8, 4) is 11.1 Å². The molecule has 1 aromatic carbocycles. The number of aromatic nitrogens is 1. The Kier molecular flexibility index (Phi) is 6.23. The fourth-order valence-corrected chi connectivity index (χ4v) is 3.54. The lowest BCUT2D eigenvalue weighted by Gasteiger charge is -2.31. The van der Waals surface area contributed by atoms with E-state index in [1.807, 2.05) is 12.1 Å². The summed E-state index contributed by atoms with van der Waals surface area (Å²) >= 11 is 0. The first-order chi connectivity index (χ1) is 12.1. The van der Waals surface area contributed by atoms with Crippen LogP contribution in [0.2, 0.25) is 0 Å². The molecule has 0 aliphatic heterocycles. The number of halogens is 1. The van der Waals surface area contributed by atoms with Crippen molar-refractivity contribution in [2.24, 2.45) is 0 Å². The van der Waals surface area contributed by atoms with E-state index in [0.717, 1.165) is 28.1 Å². The van der Waals surface area contributed by atoms with Crippen LogP contribution >= 0.6 is 0 Å². The third-order valence-corrected chi connectivity index (χ3v) is 4.62. The maximum absolute atomic E-state index is 13.6. The fourth-order valence-electron chi connectivity index (χ4n) is 3.54. The smallest absolute Gasteiger partial charge is 0.123 e. The summed E-state index contributed by atoms with van der Waals surface area (Å²) in [6.07, 6.45) is 0. The van der Waals surface area contributed by atoms with Gasteiger partial charge in [0.1, 0.15) is 5.82 Å². The normalized spacial score (nSPS) is 12.3. The third-order valence-electron chi connectivity index (χ3n) is 4.62. The van der Waals surface area contributed by atoms with Crippen LogP contribution in [0.4, 0.5) is 4.39 Å². The van der Waals surface area contributed by atoms with Gasteiger partial charge >= 0.3 is 0 Å². The van der Waals surface area contributed by atoms with Crippen molar-refractivity contribution >= 4 is 0 Å². The quantitative estimate of drug-likeness (QED) is 0.603. The number of pyridine rings is 1. The van der Waals surface area contributed by atoms with Crippen molar-refractivity contribution in [2.75, 3.05) is 7.11 Å². The van der Waals surface area contributed by atoms with Gasteiger partial charge in [-0.3, -0.25) is 4.98 Å². The zero-order chi connectivity index (χ0) is 19.6. The van der Waals surface area contributed by atoms with Crippen molar-refractivity contribution in [2.45, 2.75) is 72.3 Å². The molecule has 1 heterocycles. The molecule has 0 atom stereocenters. The van der Waals surface area contributed by atoms with Gasteiger partial charge in [-0.05, 0) is 46.1 Å². The highest BCUT2D eigenvalue weighted by Gasteiger charge is 2.30. The van der Waals surface area contributed by atoms with Gasteiger partial charge in [0.15, 0.2) is 0 Å². The van der Waals surface area contributed by atoms with Gasteiger partial charge in [-0.15, -0.1) is 0 Å². The van der Waals surface area contributed by atoms with E-state index < -0.39 is 0 Å². The number of hydrogen-bond donors (Lipinski definition) is 0. The molecule has 0 radical (unpaired) electrons. The zero-order valence-corrected chi connectivity index (χ0v) is 17.4. The van der Waals surface area contributed by atoms with Crippen molar-refractivity contribution in [3.05, 3.63) is 52.6 Å². The first-order valence-corrected chi connectivity index (χ1v) is 9.39. The first-order valence-electron chi connectivity index (χ1n) is 9.39. The van der Waals surface area contributed by atoms with Crippen molar-refractivity contribution in [1.82, 2.24) is 4.98 Å². The van der Waals surface area contributed by atoms with Crippen LogP contribution in [-0.4, -0.2) is 12.1 Å². The van der Waals surface area contributed by atoms with Crippen molar-refractivity contribution in [1.29, 1.82) is 0 Å². The highest BCUT2D eigenvalue weighted by atomic mass is 19.1. The molecule has 3 heteroatoms. The lowest BCUT2D eigenvalue weighted by molar-refractivity contribution is 0.183. The Morgan fingerprint density at radius 3 is 1.92 bits per heavy atom. The number of ether oxygens (including phenoxy) is 1. The van der Waals surface area contributed by atoms with Crippen LogP contribution in [0.3, 0.4) is 0 Å². The fraction of sp³-hybridized carbons (Fsp3) is 0.522. The van der Waals surface area contributed by atoms with Gasteiger partial charge in [0.25, 0.3) is 0 Å². The van der Waals surface area contributed by atoms with Gasteiger partial charge in [-0.1, -0.05) is 60.6 Å². The highest BCUT2D eigenvalue weighted by molar-refractivity contribution is 5.74. The second-order valence-electron chi connectivity index (χ2n) is 8.61. The Hall–Kier alpha value is -1.74. The van der Waals surface area contributed by atoms with E-state index in [4.69, 9.17) is 9.72 Å². The molecule has 0 bridgehead atoms. The molecule has 0 aliphatic carbocycles. The molecule has 2 rings (SSSR count). The molecule has 0 N–H and O–H groups in total. The van der Waals surface area contributed by atoms with Crippen LogP contribution in [0.1, 0.15) is 82.8 Å². The Balaban J connectivity index is 3.00. The molecule has 142 valence electrons. The molecule has 2 nitrogen and oxygen atoms in total. The standard InChI is InChI=1S/C23H32FNO/c1-14(2)21-18(13-26-8)19(16-9-11-17(24)12-10-16)20(23(5,6)7)22(25-21)15(3)4/h9-12,14-15H,13H2,1-8H3. The number of nitrogens with zero attached hydrogens (tertiary/aromatic N) is 1. The Morgan fingerprint density at radius 1 is 0.962 bits per heavy atom. The van der Waals surface area contributed by atoms with E-state index in [9.17, 15) is 4.39 Å². The summed E-state index contributed by atoms with van der Waals surface area (Å²) < 4.78 is 19.1. The summed E-state index contributed by atoms with van der Waals surface area (Å²) in [5, 5.41) is 0. The Bertz CT molecular complexity index is 755. The van der Waals surface area contributed by atoms with Gasteiger partial charge < -0.3 is 4.74 Å². The first kappa shape index (κ1) is 20.6. The Morgan fingerprint density at radius 2 is 1.50 bits per heavy atom. The van der Waals surface area contributed by atoms with Crippen LogP contribution in [0.5, 0.6) is 0 Å². The summed E-state index contributed by atoms with van der Waals surface area (Å²) in [5.74, 6) is 0.366. The predicted molar refractivity (Wildman–Crippen MR) is 107 cm³/mol.